The summed E-state index contributed by atoms with van der Waals surface area (Å²) in [6, 6.07) is 16.9. The van der Waals surface area contributed by atoms with E-state index in [-0.39, 0.29) is 29.4 Å². The lowest BCUT2D eigenvalue weighted by molar-refractivity contribution is 0.0954. The lowest BCUT2D eigenvalue weighted by Crippen LogP contribution is -2.42. The third-order valence-electron chi connectivity index (χ3n) is 5.93. The van der Waals surface area contributed by atoms with Gasteiger partial charge in [-0.2, -0.15) is 0 Å². The molecule has 0 bridgehead atoms. The molecular formula is C27H30Cl2N4O5S. The first-order chi connectivity index (χ1) is 18.3. The van der Waals surface area contributed by atoms with E-state index in [0.29, 0.717) is 39.8 Å². The lowest BCUT2D eigenvalue weighted by atomic mass is 10.1. The Kier molecular flexibility index (Phi) is 10.3. The van der Waals surface area contributed by atoms with Crippen molar-refractivity contribution in [2.75, 3.05) is 18.4 Å². The van der Waals surface area contributed by atoms with Gasteiger partial charge in [0.2, 0.25) is 10.0 Å². The molecule has 0 radical (unpaired) electrons. The van der Waals surface area contributed by atoms with Gasteiger partial charge in [-0.15, -0.1) is 0 Å². The maximum absolute atomic E-state index is 13.0. The second-order valence-corrected chi connectivity index (χ2v) is 11.5. The van der Waals surface area contributed by atoms with Crippen LogP contribution in [0.5, 0.6) is 0 Å². The van der Waals surface area contributed by atoms with E-state index in [1.165, 1.54) is 29.2 Å². The van der Waals surface area contributed by atoms with Gasteiger partial charge < -0.3 is 20.6 Å². The smallest absolute Gasteiger partial charge is 0.322 e. The van der Waals surface area contributed by atoms with Crippen LogP contribution >= 0.6 is 23.2 Å². The summed E-state index contributed by atoms with van der Waals surface area (Å²) in [7, 11) is -3.82. The zero-order valence-corrected chi connectivity index (χ0v) is 23.7. The van der Waals surface area contributed by atoms with Gasteiger partial charge in [0.05, 0.1) is 27.6 Å². The van der Waals surface area contributed by atoms with Gasteiger partial charge in [0.25, 0.3) is 5.91 Å². The molecule has 3 aromatic carbocycles. The number of aliphatic hydroxyl groups is 1. The second-order valence-electron chi connectivity index (χ2n) is 9.14. The molecule has 0 saturated heterocycles. The summed E-state index contributed by atoms with van der Waals surface area (Å²) in [5, 5.41) is 22.1. The van der Waals surface area contributed by atoms with Crippen LogP contribution in [0.1, 0.15) is 41.4 Å². The Hall–Kier alpha value is -3.15. The van der Waals surface area contributed by atoms with E-state index >= 15 is 0 Å². The first-order valence-electron chi connectivity index (χ1n) is 12.1. The van der Waals surface area contributed by atoms with Crippen molar-refractivity contribution in [3.8, 4) is 0 Å². The topological polar surface area (TPSA) is 142 Å². The highest BCUT2D eigenvalue weighted by molar-refractivity contribution is 7.89. The van der Waals surface area contributed by atoms with Crippen LogP contribution in [0.3, 0.4) is 0 Å². The molecule has 9 nitrogen and oxygen atoms in total. The van der Waals surface area contributed by atoms with Crippen LogP contribution in [-0.2, 0) is 16.4 Å². The second kappa shape index (κ2) is 13.3. The van der Waals surface area contributed by atoms with E-state index in [9.17, 15) is 23.1 Å². The molecule has 0 aliphatic rings. The minimum Gasteiger partial charge on any atom is -0.387 e. The Labute approximate surface area is 238 Å². The van der Waals surface area contributed by atoms with E-state index in [2.05, 4.69) is 10.6 Å². The SMILES string of the molecule is CC(C)N(C[C@@H](O)c1ccc(Cl)c(Cl)c1)C(=O)Nc1ccc(CCNC(=O)c2ccc(S(N)(=O)=O)cc2)cc1. The molecule has 0 aliphatic carbocycles. The molecule has 208 valence electrons. The van der Waals surface area contributed by atoms with Crippen molar-refractivity contribution in [2.24, 2.45) is 5.14 Å². The molecule has 0 spiro atoms. The largest absolute Gasteiger partial charge is 0.387 e. The highest BCUT2D eigenvalue weighted by atomic mass is 35.5. The predicted octanol–water partition coefficient (Wildman–Crippen LogP) is 4.59. The van der Waals surface area contributed by atoms with Gasteiger partial charge in [0.1, 0.15) is 0 Å². The number of amides is 3. The van der Waals surface area contributed by atoms with Crippen LogP contribution < -0.4 is 15.8 Å². The average molecular weight is 594 g/mol. The molecule has 0 heterocycles. The summed E-state index contributed by atoms with van der Waals surface area (Å²) in [4.78, 5) is 26.7. The number of nitrogens with one attached hydrogen (secondary N) is 2. The molecule has 1 atom stereocenters. The summed E-state index contributed by atoms with van der Waals surface area (Å²) in [6.45, 7) is 4.12. The van der Waals surface area contributed by atoms with Crippen molar-refractivity contribution in [1.82, 2.24) is 10.2 Å². The van der Waals surface area contributed by atoms with Crippen molar-refractivity contribution in [2.45, 2.75) is 37.3 Å². The molecule has 0 unspecified atom stereocenters. The predicted molar refractivity (Wildman–Crippen MR) is 153 cm³/mol. The number of nitrogens with two attached hydrogens (primary N) is 1. The van der Waals surface area contributed by atoms with Gasteiger partial charge >= 0.3 is 6.03 Å². The highest BCUT2D eigenvalue weighted by Crippen LogP contribution is 2.26. The molecule has 3 amide bonds. The summed E-state index contributed by atoms with van der Waals surface area (Å²) in [5.41, 5.74) is 2.39. The number of aliphatic hydroxyl groups excluding tert-OH is 1. The monoisotopic (exact) mass is 592 g/mol. The van der Waals surface area contributed by atoms with Crippen LogP contribution in [0, 0.1) is 0 Å². The summed E-state index contributed by atoms with van der Waals surface area (Å²) in [5.74, 6) is -0.336. The van der Waals surface area contributed by atoms with Crippen molar-refractivity contribution in [3.05, 3.63) is 93.5 Å². The van der Waals surface area contributed by atoms with Crippen LogP contribution in [0.2, 0.25) is 10.0 Å². The number of primary sulfonamides is 1. The van der Waals surface area contributed by atoms with Gasteiger partial charge in [-0.05, 0) is 79.9 Å². The number of carbonyl (C=O) groups excluding carboxylic acids is 2. The number of benzene rings is 3. The van der Waals surface area contributed by atoms with Crippen molar-refractivity contribution in [3.63, 3.8) is 0 Å². The maximum atomic E-state index is 13.0. The number of rotatable bonds is 10. The first kappa shape index (κ1) is 30.4. The van der Waals surface area contributed by atoms with E-state index in [0.717, 1.165) is 5.56 Å². The fraction of sp³-hybridized carbons (Fsp3) is 0.259. The zero-order valence-electron chi connectivity index (χ0n) is 21.4. The van der Waals surface area contributed by atoms with Crippen molar-refractivity contribution in [1.29, 1.82) is 0 Å². The lowest BCUT2D eigenvalue weighted by Gasteiger charge is -2.29. The molecule has 12 heteroatoms. The number of hydrogen-bond donors (Lipinski definition) is 4. The Morgan fingerprint density at radius 3 is 2.18 bits per heavy atom. The van der Waals surface area contributed by atoms with Crippen molar-refractivity contribution < 1.29 is 23.1 Å². The molecule has 3 rings (SSSR count). The number of nitrogens with zero attached hydrogens (tertiary/aromatic N) is 1. The maximum Gasteiger partial charge on any atom is 0.322 e. The van der Waals surface area contributed by atoms with E-state index < -0.39 is 16.1 Å². The molecule has 0 aromatic heterocycles. The molecule has 39 heavy (non-hydrogen) atoms. The summed E-state index contributed by atoms with van der Waals surface area (Å²) >= 11 is 12.0. The van der Waals surface area contributed by atoms with Gasteiger partial charge in [-0.3, -0.25) is 4.79 Å². The Bertz CT molecular complexity index is 1420. The molecular weight excluding hydrogens is 563 g/mol. The van der Waals surface area contributed by atoms with Gasteiger partial charge in [0, 0.05) is 23.8 Å². The number of sulfonamides is 1. The average Bonchev–Trinajstić information content (AvgIpc) is 2.89. The first-order valence-corrected chi connectivity index (χ1v) is 14.4. The minimum absolute atomic E-state index is 0.0595. The van der Waals surface area contributed by atoms with E-state index in [1.807, 2.05) is 26.0 Å². The molecule has 5 N–H and O–H groups in total. The number of halogens is 2. The van der Waals surface area contributed by atoms with Crippen LogP contribution in [0.15, 0.2) is 71.6 Å². The summed E-state index contributed by atoms with van der Waals surface area (Å²) in [6.07, 6.45) is -0.402. The molecule has 3 aromatic rings. The molecule has 0 saturated carbocycles. The number of anilines is 1. The quantitative estimate of drug-likeness (QED) is 0.272. The fourth-order valence-corrected chi connectivity index (χ4v) is 4.53. The third kappa shape index (κ3) is 8.67. The highest BCUT2D eigenvalue weighted by Gasteiger charge is 2.22. The normalized spacial score (nSPS) is 12.2. The van der Waals surface area contributed by atoms with E-state index in [4.69, 9.17) is 28.3 Å². The zero-order chi connectivity index (χ0) is 28.7. The van der Waals surface area contributed by atoms with Gasteiger partial charge in [0.15, 0.2) is 0 Å². The van der Waals surface area contributed by atoms with Crippen LogP contribution in [0.4, 0.5) is 10.5 Å². The third-order valence-corrected chi connectivity index (χ3v) is 7.60. The summed E-state index contributed by atoms with van der Waals surface area (Å²) < 4.78 is 22.7. The van der Waals surface area contributed by atoms with Gasteiger partial charge in [-0.1, -0.05) is 41.4 Å². The van der Waals surface area contributed by atoms with Crippen LogP contribution in [0.25, 0.3) is 0 Å². The minimum atomic E-state index is -3.82. The standard InChI is InChI=1S/C27H30Cl2N4O5S/c1-17(2)33(16-25(34)20-7-12-23(28)24(29)15-20)27(36)32-21-8-3-18(4-9-21)13-14-31-26(35)19-5-10-22(11-6-19)39(30,37)38/h3-12,15,17,25,34H,13-14,16H2,1-2H3,(H,31,35)(H,32,36)(H2,30,37,38)/t25-/m1/s1. The number of urea groups is 1. The Morgan fingerprint density at radius 1 is 0.974 bits per heavy atom. The fourth-order valence-electron chi connectivity index (χ4n) is 3.71. The molecule has 0 fully saturated rings. The van der Waals surface area contributed by atoms with Crippen LogP contribution in [-0.4, -0.2) is 49.5 Å². The number of carbonyl (C=O) groups is 2. The molecule has 0 aliphatic heterocycles. The Morgan fingerprint density at radius 2 is 1.62 bits per heavy atom. The number of hydrogen-bond acceptors (Lipinski definition) is 5. The van der Waals surface area contributed by atoms with Gasteiger partial charge in [-0.25, -0.2) is 18.4 Å². The Balaban J connectivity index is 1.52. The van der Waals surface area contributed by atoms with E-state index in [1.54, 1.807) is 30.3 Å². The van der Waals surface area contributed by atoms with Crippen molar-refractivity contribution >= 4 is 50.9 Å².